The minimum absolute atomic E-state index is 0.161. The Labute approximate surface area is 124 Å². The van der Waals surface area contributed by atoms with Gasteiger partial charge in [0, 0.05) is 17.4 Å². The summed E-state index contributed by atoms with van der Waals surface area (Å²) in [5, 5.41) is 0.711. The predicted octanol–water partition coefficient (Wildman–Crippen LogP) is 5.26. The number of alkyl halides is 1. The van der Waals surface area contributed by atoms with E-state index in [1.54, 1.807) is 6.20 Å². The zero-order valence-corrected chi connectivity index (χ0v) is 12.8. The Morgan fingerprint density at radius 2 is 1.58 bits per heavy atom. The van der Waals surface area contributed by atoms with Crippen LogP contribution in [0.3, 0.4) is 0 Å². The van der Waals surface area contributed by atoms with E-state index in [0.717, 1.165) is 11.1 Å². The maximum Gasteiger partial charge on any atom is 0.101 e. The fourth-order valence-electron chi connectivity index (χ4n) is 2.28. The first-order chi connectivity index (χ1) is 8.85. The Hall–Kier alpha value is -1.05. The molecule has 0 radical (unpaired) electrons. The van der Waals surface area contributed by atoms with E-state index in [0.29, 0.717) is 5.02 Å². The van der Waals surface area contributed by atoms with Gasteiger partial charge in [-0.1, -0.05) is 50.6 Å². The van der Waals surface area contributed by atoms with E-state index in [4.69, 9.17) is 23.2 Å². The minimum Gasteiger partial charge on any atom is -0.264 e. The van der Waals surface area contributed by atoms with Gasteiger partial charge in [-0.15, -0.1) is 11.6 Å². The van der Waals surface area contributed by atoms with Gasteiger partial charge in [0.15, 0.2) is 0 Å². The Bertz CT molecular complexity index is 543. The molecule has 1 nitrogen and oxygen atoms in total. The molecule has 0 aliphatic carbocycles. The summed E-state index contributed by atoms with van der Waals surface area (Å²) in [4.78, 5) is 3.56. The normalized spacial score (nSPS) is 15.0. The average molecular weight is 294 g/mol. The van der Waals surface area contributed by atoms with Gasteiger partial charge in [-0.25, -0.2) is 0 Å². The Kier molecular flexibility index (Phi) is 3.89. The number of nitrogens with zero attached hydrogens (tertiary/aromatic N) is 1. The molecule has 0 bridgehead atoms. The summed E-state index contributed by atoms with van der Waals surface area (Å²) in [5.74, 6) is 0. The number of aromatic nitrogens is 1. The minimum atomic E-state index is -0.633. The number of hydrogen-bond donors (Lipinski definition) is 0. The molecule has 19 heavy (non-hydrogen) atoms. The molecular formula is C16H17Cl2N. The second-order valence-electron chi connectivity index (χ2n) is 5.66. The van der Waals surface area contributed by atoms with Crippen LogP contribution in [0.15, 0.2) is 48.8 Å². The number of benzene rings is 1. The molecule has 0 amide bonds. The summed E-state index contributed by atoms with van der Waals surface area (Å²) in [7, 11) is 0. The lowest BCUT2D eigenvalue weighted by atomic mass is 9.72. The Balaban J connectivity index is 2.63. The van der Waals surface area contributed by atoms with Crippen molar-refractivity contribution in [1.29, 1.82) is 0 Å². The van der Waals surface area contributed by atoms with E-state index in [-0.39, 0.29) is 5.41 Å². The van der Waals surface area contributed by atoms with E-state index >= 15 is 0 Å². The molecule has 2 aromatic rings. The maximum absolute atomic E-state index is 7.04. The highest BCUT2D eigenvalue weighted by atomic mass is 35.5. The van der Waals surface area contributed by atoms with Crippen molar-refractivity contribution in [3.05, 3.63) is 64.9 Å². The van der Waals surface area contributed by atoms with E-state index in [1.807, 2.05) is 42.6 Å². The van der Waals surface area contributed by atoms with Gasteiger partial charge in [0.25, 0.3) is 0 Å². The molecule has 2 rings (SSSR count). The van der Waals surface area contributed by atoms with E-state index < -0.39 is 4.87 Å². The lowest BCUT2D eigenvalue weighted by Gasteiger charge is -2.40. The van der Waals surface area contributed by atoms with Gasteiger partial charge in [0.1, 0.15) is 4.87 Å². The summed E-state index contributed by atoms with van der Waals surface area (Å²) in [5.41, 5.74) is 1.86. The molecular weight excluding hydrogens is 277 g/mol. The second-order valence-corrected chi connectivity index (χ2v) is 6.66. The second kappa shape index (κ2) is 5.15. The van der Waals surface area contributed by atoms with Gasteiger partial charge in [-0.05, 0) is 34.7 Å². The first-order valence-electron chi connectivity index (χ1n) is 6.21. The quantitative estimate of drug-likeness (QED) is 0.688. The average Bonchev–Trinajstić information content (AvgIpc) is 2.38. The van der Waals surface area contributed by atoms with Gasteiger partial charge in [0.2, 0.25) is 0 Å². The third-order valence-corrected chi connectivity index (χ3v) is 4.59. The van der Waals surface area contributed by atoms with Crippen LogP contribution >= 0.6 is 23.2 Å². The van der Waals surface area contributed by atoms with Crippen molar-refractivity contribution in [2.75, 3.05) is 0 Å². The maximum atomic E-state index is 7.04. The zero-order chi connectivity index (χ0) is 14.1. The van der Waals surface area contributed by atoms with E-state index in [1.165, 1.54) is 0 Å². The van der Waals surface area contributed by atoms with Crippen LogP contribution in [0.1, 0.15) is 31.9 Å². The zero-order valence-electron chi connectivity index (χ0n) is 11.3. The van der Waals surface area contributed by atoms with E-state index in [9.17, 15) is 0 Å². The molecule has 0 aliphatic heterocycles. The van der Waals surface area contributed by atoms with Crippen molar-refractivity contribution >= 4 is 23.2 Å². The number of halogens is 2. The number of pyridine rings is 1. The molecule has 0 spiro atoms. The topological polar surface area (TPSA) is 12.9 Å². The van der Waals surface area contributed by atoms with Gasteiger partial charge in [-0.2, -0.15) is 0 Å². The molecule has 0 aliphatic rings. The van der Waals surface area contributed by atoms with Crippen LogP contribution in [0.4, 0.5) is 0 Å². The summed E-state index contributed by atoms with van der Waals surface area (Å²) in [6, 6.07) is 11.6. The molecule has 0 N–H and O–H groups in total. The Morgan fingerprint density at radius 3 is 2.05 bits per heavy atom. The fraction of sp³-hybridized carbons (Fsp3) is 0.312. The highest BCUT2D eigenvalue weighted by Crippen LogP contribution is 2.50. The predicted molar refractivity (Wildman–Crippen MR) is 81.8 cm³/mol. The highest BCUT2D eigenvalue weighted by Gasteiger charge is 2.43. The SMILES string of the molecule is CC(C)(C)C(Cl)(c1ccc(Cl)cc1)c1cccnc1. The molecule has 0 saturated carbocycles. The van der Waals surface area contributed by atoms with Crippen molar-refractivity contribution in [2.45, 2.75) is 25.6 Å². The molecule has 100 valence electrons. The van der Waals surface area contributed by atoms with Crippen LogP contribution in [-0.4, -0.2) is 4.98 Å². The van der Waals surface area contributed by atoms with Crippen LogP contribution < -0.4 is 0 Å². The summed E-state index contributed by atoms with van der Waals surface area (Å²) in [6.45, 7) is 6.38. The summed E-state index contributed by atoms with van der Waals surface area (Å²) < 4.78 is 0. The third kappa shape index (κ3) is 2.63. The molecule has 0 fully saturated rings. The monoisotopic (exact) mass is 293 g/mol. The standard InChI is InChI=1S/C16H17Cl2N/c1-15(2,3)16(18,13-5-4-10-19-11-13)12-6-8-14(17)9-7-12/h4-11H,1-3H3. The molecule has 3 heteroatoms. The molecule has 1 heterocycles. The van der Waals surface area contributed by atoms with Crippen LogP contribution in [0.5, 0.6) is 0 Å². The van der Waals surface area contributed by atoms with Crippen molar-refractivity contribution in [3.63, 3.8) is 0 Å². The first-order valence-corrected chi connectivity index (χ1v) is 6.97. The fourth-order valence-corrected chi connectivity index (χ4v) is 2.64. The summed E-state index contributed by atoms with van der Waals surface area (Å²) in [6.07, 6.45) is 3.58. The molecule has 0 saturated heterocycles. The van der Waals surface area contributed by atoms with Crippen molar-refractivity contribution < 1.29 is 0 Å². The number of hydrogen-bond acceptors (Lipinski definition) is 1. The summed E-state index contributed by atoms with van der Waals surface area (Å²) >= 11 is 13.0. The third-order valence-electron chi connectivity index (χ3n) is 3.33. The van der Waals surface area contributed by atoms with Crippen molar-refractivity contribution in [3.8, 4) is 0 Å². The van der Waals surface area contributed by atoms with Crippen LogP contribution in [0.25, 0.3) is 0 Å². The molecule has 1 aromatic heterocycles. The largest absolute Gasteiger partial charge is 0.264 e. The number of rotatable bonds is 2. The smallest absolute Gasteiger partial charge is 0.101 e. The van der Waals surface area contributed by atoms with Crippen LogP contribution in [0.2, 0.25) is 5.02 Å². The van der Waals surface area contributed by atoms with Gasteiger partial charge < -0.3 is 0 Å². The van der Waals surface area contributed by atoms with Crippen molar-refractivity contribution in [1.82, 2.24) is 4.98 Å². The molecule has 1 aromatic carbocycles. The molecule has 1 atom stereocenters. The van der Waals surface area contributed by atoms with E-state index in [2.05, 4.69) is 25.8 Å². The first kappa shape index (κ1) is 14.4. The van der Waals surface area contributed by atoms with Crippen molar-refractivity contribution in [2.24, 2.45) is 5.41 Å². The van der Waals surface area contributed by atoms with Crippen LogP contribution in [0, 0.1) is 5.41 Å². The van der Waals surface area contributed by atoms with Gasteiger partial charge in [0.05, 0.1) is 0 Å². The van der Waals surface area contributed by atoms with Gasteiger partial charge >= 0.3 is 0 Å². The Morgan fingerprint density at radius 1 is 0.947 bits per heavy atom. The molecule has 1 unspecified atom stereocenters. The van der Waals surface area contributed by atoms with Crippen LogP contribution in [-0.2, 0) is 4.87 Å². The lowest BCUT2D eigenvalue weighted by molar-refractivity contribution is 0.317. The van der Waals surface area contributed by atoms with Gasteiger partial charge in [-0.3, -0.25) is 4.98 Å². The highest BCUT2D eigenvalue weighted by molar-refractivity contribution is 6.30. The lowest BCUT2D eigenvalue weighted by Crippen LogP contribution is -2.36.